The Balaban J connectivity index is 2.68. The Morgan fingerprint density at radius 3 is 2.41 bits per heavy atom. The predicted octanol–water partition coefficient (Wildman–Crippen LogP) is 3.16. The Morgan fingerprint density at radius 2 is 1.86 bits per heavy atom. The van der Waals surface area contributed by atoms with E-state index in [2.05, 4.69) is 25.0 Å². The second kappa shape index (κ2) is 6.05. The molecule has 0 saturated carbocycles. The maximum Gasteiger partial charge on any atom is 0.272 e. The third-order valence-corrected chi connectivity index (χ3v) is 3.87. The van der Waals surface area contributed by atoms with Gasteiger partial charge in [0.05, 0.1) is 16.9 Å². The van der Waals surface area contributed by atoms with Gasteiger partial charge in [-0.15, -0.1) is 0 Å². The van der Waals surface area contributed by atoms with E-state index in [1.165, 1.54) is 15.8 Å². The highest BCUT2D eigenvalue weighted by atomic mass is 16.3. The number of hydrogen-bond donors (Lipinski definition) is 1. The molecule has 1 aromatic heterocycles. The summed E-state index contributed by atoms with van der Waals surface area (Å²) in [7, 11) is 0. The van der Waals surface area contributed by atoms with Crippen LogP contribution in [0, 0.1) is 13.8 Å². The van der Waals surface area contributed by atoms with Crippen LogP contribution >= 0.6 is 0 Å². The summed E-state index contributed by atoms with van der Waals surface area (Å²) in [5, 5.41) is 14.8. The summed E-state index contributed by atoms with van der Waals surface area (Å²) >= 11 is 0. The van der Waals surface area contributed by atoms with Crippen LogP contribution in [0.4, 0.5) is 0 Å². The molecule has 0 radical (unpaired) electrons. The zero-order chi connectivity index (χ0) is 16.5. The van der Waals surface area contributed by atoms with E-state index in [9.17, 15) is 9.90 Å². The number of aliphatic hydroxyl groups is 1. The summed E-state index contributed by atoms with van der Waals surface area (Å²) in [4.78, 5) is 12.5. The fourth-order valence-corrected chi connectivity index (χ4v) is 2.39. The molecule has 0 atom stereocenters. The van der Waals surface area contributed by atoms with Crippen molar-refractivity contribution in [1.82, 2.24) is 9.78 Å². The largest absolute Gasteiger partial charge is 0.386 e. The third-order valence-electron chi connectivity index (χ3n) is 3.87. The van der Waals surface area contributed by atoms with Gasteiger partial charge in [0.2, 0.25) is 0 Å². The van der Waals surface area contributed by atoms with Crippen LogP contribution in [0.15, 0.2) is 29.1 Å². The highest BCUT2D eigenvalue weighted by Crippen LogP contribution is 2.23. The molecule has 0 saturated heterocycles. The third kappa shape index (κ3) is 3.28. The van der Waals surface area contributed by atoms with Crippen LogP contribution < -0.4 is 5.56 Å². The molecule has 0 aliphatic carbocycles. The van der Waals surface area contributed by atoms with Crippen molar-refractivity contribution in [3.8, 4) is 11.3 Å². The van der Waals surface area contributed by atoms with E-state index in [4.69, 9.17) is 0 Å². The number of aryl methyl sites for hydroxylation is 3. The number of benzene rings is 1. The van der Waals surface area contributed by atoms with Gasteiger partial charge in [-0.3, -0.25) is 4.79 Å². The zero-order valence-electron chi connectivity index (χ0n) is 14.0. The lowest BCUT2D eigenvalue weighted by molar-refractivity contribution is 0.0761. The second-order valence-electron chi connectivity index (χ2n) is 6.33. The number of aromatic nitrogens is 2. The molecule has 1 N–H and O–H groups in total. The van der Waals surface area contributed by atoms with Crippen LogP contribution in [-0.4, -0.2) is 14.9 Å². The minimum Gasteiger partial charge on any atom is -0.386 e. The molecule has 22 heavy (non-hydrogen) atoms. The molecule has 1 heterocycles. The van der Waals surface area contributed by atoms with Crippen molar-refractivity contribution in [2.75, 3.05) is 0 Å². The first-order valence-electron chi connectivity index (χ1n) is 7.66. The lowest BCUT2D eigenvalue weighted by Crippen LogP contribution is -2.33. The molecular weight excluding hydrogens is 276 g/mol. The minimum atomic E-state index is -1.19. The van der Waals surface area contributed by atoms with Gasteiger partial charge in [-0.05, 0) is 57.4 Å². The molecule has 0 spiro atoms. The molecule has 0 aliphatic rings. The SMILES string of the molecule is CCCn1nc(-c2ccc(C)c(C)c2)cc(C(C)(C)O)c1=O. The van der Waals surface area contributed by atoms with Gasteiger partial charge in [-0.1, -0.05) is 19.1 Å². The number of hydrogen-bond acceptors (Lipinski definition) is 3. The first-order valence-corrected chi connectivity index (χ1v) is 7.66. The van der Waals surface area contributed by atoms with E-state index in [0.717, 1.165) is 12.0 Å². The first-order chi connectivity index (χ1) is 10.2. The molecule has 0 amide bonds. The lowest BCUT2D eigenvalue weighted by atomic mass is 9.97. The zero-order valence-corrected chi connectivity index (χ0v) is 14.0. The van der Waals surface area contributed by atoms with Crippen molar-refractivity contribution in [2.45, 2.75) is 53.2 Å². The van der Waals surface area contributed by atoms with Gasteiger partial charge in [-0.25, -0.2) is 4.68 Å². The Hall–Kier alpha value is -1.94. The average Bonchev–Trinajstić information content (AvgIpc) is 2.43. The topological polar surface area (TPSA) is 55.1 Å². The molecular formula is C18H24N2O2. The monoisotopic (exact) mass is 300 g/mol. The minimum absolute atomic E-state index is 0.220. The van der Waals surface area contributed by atoms with Gasteiger partial charge in [-0.2, -0.15) is 5.10 Å². The summed E-state index contributed by atoms with van der Waals surface area (Å²) in [5.41, 5.74) is 3.04. The van der Waals surface area contributed by atoms with Crippen LogP contribution in [0.1, 0.15) is 43.9 Å². The van der Waals surface area contributed by atoms with Gasteiger partial charge in [0.1, 0.15) is 0 Å². The lowest BCUT2D eigenvalue weighted by Gasteiger charge is -2.19. The molecule has 0 fully saturated rings. The van der Waals surface area contributed by atoms with Gasteiger partial charge in [0, 0.05) is 12.1 Å². The normalized spacial score (nSPS) is 11.7. The quantitative estimate of drug-likeness (QED) is 0.943. The summed E-state index contributed by atoms with van der Waals surface area (Å²) in [5.74, 6) is 0. The number of rotatable bonds is 4. The second-order valence-corrected chi connectivity index (χ2v) is 6.33. The molecule has 4 heteroatoms. The fourth-order valence-electron chi connectivity index (χ4n) is 2.39. The molecule has 0 aliphatic heterocycles. The smallest absolute Gasteiger partial charge is 0.272 e. The molecule has 118 valence electrons. The van der Waals surface area contributed by atoms with E-state index >= 15 is 0 Å². The Bertz CT molecular complexity index is 740. The average molecular weight is 300 g/mol. The Morgan fingerprint density at radius 1 is 1.18 bits per heavy atom. The van der Waals surface area contributed by atoms with Gasteiger partial charge < -0.3 is 5.11 Å². The fraction of sp³-hybridized carbons (Fsp3) is 0.444. The Labute approximate surface area is 131 Å². The highest BCUT2D eigenvalue weighted by molar-refractivity contribution is 5.61. The van der Waals surface area contributed by atoms with E-state index < -0.39 is 5.60 Å². The van der Waals surface area contributed by atoms with Crippen molar-refractivity contribution >= 4 is 0 Å². The van der Waals surface area contributed by atoms with Crippen molar-refractivity contribution in [3.05, 3.63) is 51.3 Å². The maximum absolute atomic E-state index is 12.5. The van der Waals surface area contributed by atoms with Gasteiger partial charge in [0.15, 0.2) is 0 Å². The maximum atomic E-state index is 12.5. The molecule has 4 nitrogen and oxygen atoms in total. The predicted molar refractivity (Wildman–Crippen MR) is 88.9 cm³/mol. The summed E-state index contributed by atoms with van der Waals surface area (Å²) in [6, 6.07) is 7.82. The standard InChI is InChI=1S/C18H24N2O2/c1-6-9-20-17(21)15(18(4,5)22)11-16(19-20)14-8-7-12(2)13(3)10-14/h7-8,10-11,22H,6,9H2,1-5H3. The van der Waals surface area contributed by atoms with Crippen molar-refractivity contribution in [1.29, 1.82) is 0 Å². The van der Waals surface area contributed by atoms with Crippen LogP contribution in [-0.2, 0) is 12.1 Å². The van der Waals surface area contributed by atoms with Crippen molar-refractivity contribution in [3.63, 3.8) is 0 Å². The molecule has 2 rings (SSSR count). The number of nitrogens with zero attached hydrogens (tertiary/aromatic N) is 2. The molecule has 2 aromatic rings. The molecule has 0 bridgehead atoms. The van der Waals surface area contributed by atoms with Crippen LogP contribution in [0.5, 0.6) is 0 Å². The van der Waals surface area contributed by atoms with E-state index in [-0.39, 0.29) is 5.56 Å². The van der Waals surface area contributed by atoms with E-state index in [1.54, 1.807) is 19.9 Å². The van der Waals surface area contributed by atoms with Gasteiger partial charge >= 0.3 is 0 Å². The van der Waals surface area contributed by atoms with Gasteiger partial charge in [0.25, 0.3) is 5.56 Å². The van der Waals surface area contributed by atoms with Crippen LogP contribution in [0.25, 0.3) is 11.3 Å². The first kappa shape index (κ1) is 16.4. The van der Waals surface area contributed by atoms with Crippen molar-refractivity contribution < 1.29 is 5.11 Å². The summed E-state index contributed by atoms with van der Waals surface area (Å²) < 4.78 is 1.46. The molecule has 0 unspecified atom stereocenters. The van der Waals surface area contributed by atoms with Crippen LogP contribution in [0.2, 0.25) is 0 Å². The summed E-state index contributed by atoms with van der Waals surface area (Å²) in [6.45, 7) is 9.92. The highest BCUT2D eigenvalue weighted by Gasteiger charge is 2.23. The molecule has 1 aromatic carbocycles. The van der Waals surface area contributed by atoms with Crippen molar-refractivity contribution in [2.24, 2.45) is 0 Å². The Kier molecular flexibility index (Phi) is 4.52. The van der Waals surface area contributed by atoms with E-state index in [0.29, 0.717) is 17.8 Å². The van der Waals surface area contributed by atoms with Crippen LogP contribution in [0.3, 0.4) is 0 Å². The van der Waals surface area contributed by atoms with E-state index in [1.807, 2.05) is 19.1 Å². The summed E-state index contributed by atoms with van der Waals surface area (Å²) in [6.07, 6.45) is 0.814.